The Morgan fingerprint density at radius 2 is 1.89 bits per heavy atom. The molecule has 1 N–H and O–H groups in total. The number of benzene rings is 1. The molecular formula is C22H29N3O2S. The van der Waals surface area contributed by atoms with Gasteiger partial charge in [-0.05, 0) is 44.3 Å². The second kappa shape index (κ2) is 8.97. The van der Waals surface area contributed by atoms with Gasteiger partial charge in [0.25, 0.3) is 5.91 Å². The zero-order chi connectivity index (χ0) is 20.1. The van der Waals surface area contributed by atoms with Crippen molar-refractivity contribution in [1.82, 2.24) is 15.2 Å². The minimum absolute atomic E-state index is 0.102. The molecule has 0 unspecified atom stereocenters. The first-order valence-corrected chi connectivity index (χ1v) is 10.8. The molecule has 1 aromatic carbocycles. The maximum absolute atomic E-state index is 12.5. The van der Waals surface area contributed by atoms with Gasteiger partial charge in [0.1, 0.15) is 16.5 Å². The predicted octanol–water partition coefficient (Wildman–Crippen LogP) is 3.65. The number of nitrogens with zero attached hydrogens (tertiary/aromatic N) is 2. The van der Waals surface area contributed by atoms with Crippen molar-refractivity contribution in [2.24, 2.45) is 5.92 Å². The molecule has 0 radical (unpaired) electrons. The molecule has 1 amide bonds. The fourth-order valence-electron chi connectivity index (χ4n) is 3.76. The molecule has 1 aliphatic heterocycles. The van der Waals surface area contributed by atoms with E-state index in [-0.39, 0.29) is 17.1 Å². The van der Waals surface area contributed by atoms with Crippen LogP contribution in [0, 0.1) is 5.92 Å². The van der Waals surface area contributed by atoms with E-state index in [4.69, 9.17) is 0 Å². The summed E-state index contributed by atoms with van der Waals surface area (Å²) < 4.78 is 0. The van der Waals surface area contributed by atoms with E-state index < -0.39 is 0 Å². The SMILES string of the molecule is CC(=O)C1(c2ccccc2)CCN(Cc2nc(C(=O)NCC(C)C)cs2)CC1. The van der Waals surface area contributed by atoms with Crippen molar-refractivity contribution in [3.05, 3.63) is 52.0 Å². The van der Waals surface area contributed by atoms with Crippen LogP contribution in [0.25, 0.3) is 0 Å². The fourth-order valence-corrected chi connectivity index (χ4v) is 4.58. The average molecular weight is 400 g/mol. The summed E-state index contributed by atoms with van der Waals surface area (Å²) in [5.41, 5.74) is 1.25. The number of hydrogen-bond donors (Lipinski definition) is 1. The van der Waals surface area contributed by atoms with Gasteiger partial charge in [0, 0.05) is 11.9 Å². The summed E-state index contributed by atoms with van der Waals surface area (Å²) in [5, 5.41) is 5.69. The maximum Gasteiger partial charge on any atom is 0.270 e. The van der Waals surface area contributed by atoms with Crippen LogP contribution >= 0.6 is 11.3 Å². The van der Waals surface area contributed by atoms with Crippen LogP contribution in [0.2, 0.25) is 0 Å². The lowest BCUT2D eigenvalue weighted by atomic mass is 9.70. The van der Waals surface area contributed by atoms with Gasteiger partial charge in [-0.15, -0.1) is 11.3 Å². The number of carbonyl (C=O) groups is 2. The average Bonchev–Trinajstić information content (AvgIpc) is 3.16. The topological polar surface area (TPSA) is 62.3 Å². The van der Waals surface area contributed by atoms with Gasteiger partial charge in [0.15, 0.2) is 0 Å². The number of amides is 1. The monoisotopic (exact) mass is 399 g/mol. The zero-order valence-electron chi connectivity index (χ0n) is 16.9. The van der Waals surface area contributed by atoms with Crippen LogP contribution in [0.3, 0.4) is 0 Å². The lowest BCUT2D eigenvalue weighted by Crippen LogP contribution is -2.46. The van der Waals surface area contributed by atoms with E-state index in [1.807, 2.05) is 23.6 Å². The predicted molar refractivity (Wildman–Crippen MR) is 113 cm³/mol. The molecule has 1 aromatic heterocycles. The summed E-state index contributed by atoms with van der Waals surface area (Å²) in [6.07, 6.45) is 1.64. The van der Waals surface area contributed by atoms with Gasteiger partial charge in [-0.2, -0.15) is 0 Å². The van der Waals surface area contributed by atoms with Crippen LogP contribution in [0.15, 0.2) is 35.7 Å². The second-order valence-electron chi connectivity index (χ2n) is 8.01. The van der Waals surface area contributed by atoms with Gasteiger partial charge in [-0.1, -0.05) is 44.2 Å². The van der Waals surface area contributed by atoms with Gasteiger partial charge in [-0.3, -0.25) is 14.5 Å². The summed E-state index contributed by atoms with van der Waals surface area (Å²) in [5.74, 6) is 0.563. The number of aromatic nitrogens is 1. The molecule has 150 valence electrons. The molecule has 2 heterocycles. The minimum atomic E-state index is -0.372. The van der Waals surface area contributed by atoms with Crippen LogP contribution in [0.1, 0.15) is 54.7 Å². The number of nitrogens with one attached hydrogen (secondary N) is 1. The molecule has 0 atom stereocenters. The van der Waals surface area contributed by atoms with Crippen molar-refractivity contribution in [2.75, 3.05) is 19.6 Å². The Balaban J connectivity index is 1.60. The Hall–Kier alpha value is -2.05. The third-order valence-electron chi connectivity index (χ3n) is 5.52. The number of ketones is 1. The van der Waals surface area contributed by atoms with Crippen molar-refractivity contribution < 1.29 is 9.59 Å². The van der Waals surface area contributed by atoms with Gasteiger partial charge >= 0.3 is 0 Å². The molecule has 0 bridgehead atoms. The lowest BCUT2D eigenvalue weighted by Gasteiger charge is -2.40. The highest BCUT2D eigenvalue weighted by atomic mass is 32.1. The van der Waals surface area contributed by atoms with E-state index in [2.05, 4.69) is 41.2 Å². The molecule has 6 heteroatoms. The highest BCUT2D eigenvalue weighted by molar-refractivity contribution is 7.09. The molecule has 5 nitrogen and oxygen atoms in total. The Morgan fingerprint density at radius 3 is 2.50 bits per heavy atom. The van der Waals surface area contributed by atoms with Crippen LogP contribution < -0.4 is 5.32 Å². The van der Waals surface area contributed by atoms with Gasteiger partial charge < -0.3 is 5.32 Å². The lowest BCUT2D eigenvalue weighted by molar-refractivity contribution is -0.124. The minimum Gasteiger partial charge on any atom is -0.350 e. The first-order chi connectivity index (χ1) is 13.4. The Kier molecular flexibility index (Phi) is 6.62. The first-order valence-electron chi connectivity index (χ1n) is 9.92. The smallest absolute Gasteiger partial charge is 0.270 e. The number of carbonyl (C=O) groups excluding carboxylic acids is 2. The summed E-state index contributed by atoms with van der Waals surface area (Å²) in [7, 11) is 0. The number of Topliss-reactive ketones (excluding diaryl/α,β-unsaturated/α-hetero) is 1. The van der Waals surface area contributed by atoms with Crippen molar-refractivity contribution >= 4 is 23.0 Å². The molecule has 28 heavy (non-hydrogen) atoms. The largest absolute Gasteiger partial charge is 0.350 e. The number of likely N-dealkylation sites (tertiary alicyclic amines) is 1. The summed E-state index contributed by atoms with van der Waals surface area (Å²) in [6.45, 7) is 8.94. The van der Waals surface area contributed by atoms with Gasteiger partial charge in [0.2, 0.25) is 0 Å². The Morgan fingerprint density at radius 1 is 1.21 bits per heavy atom. The maximum atomic E-state index is 12.5. The Bertz CT molecular complexity index is 808. The normalized spacial score (nSPS) is 16.9. The highest BCUT2D eigenvalue weighted by Crippen LogP contribution is 2.36. The summed E-state index contributed by atoms with van der Waals surface area (Å²) >= 11 is 1.53. The van der Waals surface area contributed by atoms with E-state index >= 15 is 0 Å². The van der Waals surface area contributed by atoms with E-state index in [9.17, 15) is 9.59 Å². The molecule has 1 aliphatic rings. The van der Waals surface area contributed by atoms with E-state index in [1.165, 1.54) is 11.3 Å². The van der Waals surface area contributed by atoms with Crippen molar-refractivity contribution in [1.29, 1.82) is 0 Å². The van der Waals surface area contributed by atoms with Crippen molar-refractivity contribution in [3.8, 4) is 0 Å². The van der Waals surface area contributed by atoms with E-state index in [0.29, 0.717) is 18.2 Å². The Labute approximate surface area is 171 Å². The molecule has 1 fully saturated rings. The third-order valence-corrected chi connectivity index (χ3v) is 6.36. The molecule has 0 spiro atoms. The number of thiazole rings is 1. The molecule has 0 aliphatic carbocycles. The molecule has 2 aromatic rings. The van der Waals surface area contributed by atoms with Crippen molar-refractivity contribution in [3.63, 3.8) is 0 Å². The van der Waals surface area contributed by atoms with Crippen molar-refractivity contribution in [2.45, 2.75) is 45.6 Å². The zero-order valence-corrected chi connectivity index (χ0v) is 17.7. The molecular weight excluding hydrogens is 370 g/mol. The standard InChI is InChI=1S/C22H29N3O2S/c1-16(2)13-23-21(27)19-15-28-20(24-19)14-25-11-9-22(10-12-25,17(3)26)18-7-5-4-6-8-18/h4-8,15-16H,9-14H2,1-3H3,(H,23,27). The number of piperidine rings is 1. The van der Waals surface area contributed by atoms with Gasteiger partial charge in [0.05, 0.1) is 12.0 Å². The molecule has 3 rings (SSSR count). The molecule has 0 saturated carbocycles. The summed E-state index contributed by atoms with van der Waals surface area (Å²) in [6, 6.07) is 10.1. The van der Waals surface area contributed by atoms with Crippen LogP contribution in [0.4, 0.5) is 0 Å². The fraction of sp³-hybridized carbons (Fsp3) is 0.500. The van der Waals surface area contributed by atoms with E-state index in [1.54, 1.807) is 6.92 Å². The summed E-state index contributed by atoms with van der Waals surface area (Å²) in [4.78, 5) is 31.5. The second-order valence-corrected chi connectivity index (χ2v) is 8.95. The number of rotatable bonds is 7. The quantitative estimate of drug-likeness (QED) is 0.772. The van der Waals surface area contributed by atoms with Gasteiger partial charge in [-0.25, -0.2) is 4.98 Å². The van der Waals surface area contributed by atoms with Crippen LogP contribution in [0.5, 0.6) is 0 Å². The number of hydrogen-bond acceptors (Lipinski definition) is 5. The molecule has 1 saturated heterocycles. The first kappa shape index (κ1) is 20.7. The highest BCUT2D eigenvalue weighted by Gasteiger charge is 2.40. The van der Waals surface area contributed by atoms with Crippen LogP contribution in [-0.4, -0.2) is 41.2 Å². The third kappa shape index (κ3) is 4.67. The van der Waals surface area contributed by atoms with E-state index in [0.717, 1.165) is 43.0 Å². The van der Waals surface area contributed by atoms with Crippen LogP contribution in [-0.2, 0) is 16.8 Å².